The van der Waals surface area contributed by atoms with Gasteiger partial charge in [0.05, 0.1) is 4.90 Å². The minimum Gasteiger partial charge on any atom is -0.399 e. The van der Waals surface area contributed by atoms with Gasteiger partial charge in [0.1, 0.15) is 0 Å². The summed E-state index contributed by atoms with van der Waals surface area (Å²) >= 11 is 0. The lowest BCUT2D eigenvalue weighted by molar-refractivity contribution is 0.315. The van der Waals surface area contributed by atoms with Crippen LogP contribution in [0.15, 0.2) is 29.2 Å². The number of benzene rings is 1. The lowest BCUT2D eigenvalue weighted by atomic mass is 9.85. The molecule has 2 rings (SSSR count). The molecule has 1 heterocycles. The number of nitrogen functional groups attached to an aromatic ring is 1. The zero-order valence-corrected chi connectivity index (χ0v) is 12.4. The predicted octanol–water partition coefficient (Wildman–Crippen LogP) is 2.47. The van der Waals surface area contributed by atoms with E-state index in [4.69, 9.17) is 5.73 Å². The van der Waals surface area contributed by atoms with Crippen molar-refractivity contribution < 1.29 is 8.42 Å². The molecule has 5 heteroatoms. The molecule has 1 aliphatic rings. The van der Waals surface area contributed by atoms with Gasteiger partial charge in [0, 0.05) is 18.8 Å². The molecule has 4 nitrogen and oxygen atoms in total. The molecule has 1 aliphatic heterocycles. The molecule has 2 N–H and O–H groups in total. The van der Waals surface area contributed by atoms with Crippen LogP contribution in [-0.2, 0) is 10.0 Å². The van der Waals surface area contributed by atoms with Gasteiger partial charge in [-0.15, -0.1) is 0 Å². The average molecular weight is 282 g/mol. The summed E-state index contributed by atoms with van der Waals surface area (Å²) in [6.07, 6.45) is 2.89. The van der Waals surface area contributed by atoms with E-state index in [1.165, 1.54) is 0 Å². The number of anilines is 1. The van der Waals surface area contributed by atoms with Crippen LogP contribution in [0.2, 0.25) is 0 Å². The third kappa shape index (κ3) is 3.28. The molecule has 0 unspecified atom stereocenters. The monoisotopic (exact) mass is 282 g/mol. The largest absolute Gasteiger partial charge is 0.399 e. The normalized spacial score (nSPS) is 20.9. The Labute approximate surface area is 115 Å². The Morgan fingerprint density at radius 3 is 2.37 bits per heavy atom. The molecule has 1 aromatic rings. The van der Waals surface area contributed by atoms with E-state index >= 15 is 0 Å². The standard InChI is InChI=1S/C14H22N2O2S/c1-14(2)8-3-10-16(11-9-14)19(17,18)13-6-4-12(15)5-7-13/h4-7H,3,8-11,15H2,1-2H3. The smallest absolute Gasteiger partial charge is 0.243 e. The number of nitrogens with zero attached hydrogens (tertiary/aromatic N) is 1. The average Bonchev–Trinajstić information content (AvgIpc) is 2.51. The summed E-state index contributed by atoms with van der Waals surface area (Å²) in [6, 6.07) is 6.44. The maximum Gasteiger partial charge on any atom is 0.243 e. The molecule has 0 radical (unpaired) electrons. The highest BCUT2D eigenvalue weighted by molar-refractivity contribution is 7.89. The summed E-state index contributed by atoms with van der Waals surface area (Å²) in [5.41, 5.74) is 6.41. The Morgan fingerprint density at radius 2 is 1.74 bits per heavy atom. The highest BCUT2D eigenvalue weighted by atomic mass is 32.2. The first kappa shape index (κ1) is 14.3. The summed E-state index contributed by atoms with van der Waals surface area (Å²) in [4.78, 5) is 0.335. The first-order valence-corrected chi connectivity index (χ1v) is 8.11. The van der Waals surface area contributed by atoms with E-state index in [2.05, 4.69) is 13.8 Å². The van der Waals surface area contributed by atoms with E-state index in [-0.39, 0.29) is 5.41 Å². The molecule has 1 fully saturated rings. The fourth-order valence-corrected chi connectivity index (χ4v) is 3.91. The van der Waals surface area contributed by atoms with Crippen molar-refractivity contribution in [3.8, 4) is 0 Å². The minimum absolute atomic E-state index is 0.228. The molecule has 0 aromatic heterocycles. The first-order chi connectivity index (χ1) is 8.81. The number of sulfonamides is 1. The highest BCUT2D eigenvalue weighted by Gasteiger charge is 2.30. The van der Waals surface area contributed by atoms with Crippen molar-refractivity contribution >= 4 is 15.7 Å². The van der Waals surface area contributed by atoms with E-state index in [1.807, 2.05) is 0 Å². The Bertz CT molecular complexity index is 535. The third-order valence-electron chi connectivity index (χ3n) is 3.82. The van der Waals surface area contributed by atoms with Crippen molar-refractivity contribution in [3.05, 3.63) is 24.3 Å². The SMILES string of the molecule is CC1(C)CCCN(S(=O)(=O)c2ccc(N)cc2)CC1. The lowest BCUT2D eigenvalue weighted by Crippen LogP contribution is -2.32. The van der Waals surface area contributed by atoms with E-state index in [0.29, 0.717) is 23.7 Å². The zero-order chi connectivity index (χ0) is 14.1. The summed E-state index contributed by atoms with van der Waals surface area (Å²) in [6.45, 7) is 5.61. The third-order valence-corrected chi connectivity index (χ3v) is 5.73. The van der Waals surface area contributed by atoms with E-state index < -0.39 is 10.0 Å². The molecule has 0 aliphatic carbocycles. The van der Waals surface area contributed by atoms with Crippen LogP contribution >= 0.6 is 0 Å². The van der Waals surface area contributed by atoms with Crippen molar-refractivity contribution in [1.29, 1.82) is 0 Å². The molecular formula is C14H22N2O2S. The second-order valence-corrected chi connectivity index (χ2v) is 7.93. The molecule has 1 saturated heterocycles. The van der Waals surface area contributed by atoms with Gasteiger partial charge >= 0.3 is 0 Å². The second kappa shape index (κ2) is 5.13. The van der Waals surface area contributed by atoms with Gasteiger partial charge in [-0.3, -0.25) is 0 Å². The molecule has 1 aromatic carbocycles. The maximum absolute atomic E-state index is 12.5. The van der Waals surface area contributed by atoms with Gasteiger partial charge in [0.25, 0.3) is 0 Å². The predicted molar refractivity (Wildman–Crippen MR) is 77.2 cm³/mol. The topological polar surface area (TPSA) is 63.4 Å². The molecule has 0 atom stereocenters. The lowest BCUT2D eigenvalue weighted by Gasteiger charge is -2.23. The number of hydrogen-bond acceptors (Lipinski definition) is 3. The van der Waals surface area contributed by atoms with Crippen molar-refractivity contribution in [2.45, 2.75) is 38.0 Å². The Balaban J connectivity index is 2.22. The van der Waals surface area contributed by atoms with Crippen molar-refractivity contribution in [2.75, 3.05) is 18.8 Å². The first-order valence-electron chi connectivity index (χ1n) is 6.67. The van der Waals surface area contributed by atoms with Gasteiger partial charge in [0.15, 0.2) is 0 Å². The van der Waals surface area contributed by atoms with Gasteiger partial charge in [-0.25, -0.2) is 8.42 Å². The van der Waals surface area contributed by atoms with Crippen LogP contribution in [0, 0.1) is 5.41 Å². The Hall–Kier alpha value is -1.07. The summed E-state index contributed by atoms with van der Waals surface area (Å²) in [5.74, 6) is 0. The van der Waals surface area contributed by atoms with Crippen LogP contribution in [0.5, 0.6) is 0 Å². The van der Waals surface area contributed by atoms with E-state index in [9.17, 15) is 8.42 Å². The van der Waals surface area contributed by atoms with Crippen molar-refractivity contribution in [3.63, 3.8) is 0 Å². The summed E-state index contributed by atoms with van der Waals surface area (Å²) in [7, 11) is -3.37. The van der Waals surface area contributed by atoms with Crippen LogP contribution in [0.3, 0.4) is 0 Å². The molecule has 19 heavy (non-hydrogen) atoms. The van der Waals surface area contributed by atoms with Crippen LogP contribution in [-0.4, -0.2) is 25.8 Å². The Morgan fingerprint density at radius 1 is 1.11 bits per heavy atom. The van der Waals surface area contributed by atoms with Gasteiger partial charge in [-0.2, -0.15) is 4.31 Å². The number of hydrogen-bond donors (Lipinski definition) is 1. The van der Waals surface area contributed by atoms with E-state index in [0.717, 1.165) is 19.3 Å². The Kier molecular flexibility index (Phi) is 3.87. The van der Waals surface area contributed by atoms with Gasteiger partial charge < -0.3 is 5.73 Å². The van der Waals surface area contributed by atoms with Crippen LogP contribution in [0.25, 0.3) is 0 Å². The van der Waals surface area contributed by atoms with Crippen molar-refractivity contribution in [2.24, 2.45) is 5.41 Å². The molecule has 0 bridgehead atoms. The molecule has 0 saturated carbocycles. The second-order valence-electron chi connectivity index (χ2n) is 5.99. The summed E-state index contributed by atoms with van der Waals surface area (Å²) in [5, 5.41) is 0. The van der Waals surface area contributed by atoms with Crippen LogP contribution in [0.1, 0.15) is 33.1 Å². The minimum atomic E-state index is -3.37. The molecular weight excluding hydrogens is 260 g/mol. The number of nitrogens with two attached hydrogens (primary N) is 1. The molecule has 0 spiro atoms. The molecule has 0 amide bonds. The van der Waals surface area contributed by atoms with Crippen LogP contribution < -0.4 is 5.73 Å². The highest BCUT2D eigenvalue weighted by Crippen LogP contribution is 2.31. The zero-order valence-electron chi connectivity index (χ0n) is 11.6. The number of rotatable bonds is 2. The quantitative estimate of drug-likeness (QED) is 0.848. The summed E-state index contributed by atoms with van der Waals surface area (Å²) < 4.78 is 26.7. The fraction of sp³-hybridized carbons (Fsp3) is 0.571. The van der Waals surface area contributed by atoms with Gasteiger partial charge in [-0.05, 0) is 48.9 Å². The van der Waals surface area contributed by atoms with Gasteiger partial charge in [0.2, 0.25) is 10.0 Å². The molecule has 106 valence electrons. The van der Waals surface area contributed by atoms with Crippen molar-refractivity contribution in [1.82, 2.24) is 4.31 Å². The van der Waals surface area contributed by atoms with E-state index in [1.54, 1.807) is 28.6 Å². The maximum atomic E-state index is 12.5. The van der Waals surface area contributed by atoms with Gasteiger partial charge in [-0.1, -0.05) is 13.8 Å². The fourth-order valence-electron chi connectivity index (χ4n) is 2.43. The van der Waals surface area contributed by atoms with Crippen LogP contribution in [0.4, 0.5) is 5.69 Å².